The third-order valence-corrected chi connectivity index (χ3v) is 2.18. The lowest BCUT2D eigenvalue weighted by Gasteiger charge is -2.10. The van der Waals surface area contributed by atoms with E-state index in [0.29, 0.717) is 6.07 Å². The van der Waals surface area contributed by atoms with E-state index >= 15 is 0 Å². The number of aromatic carboxylic acids is 1. The number of pyridine rings is 1. The number of ether oxygens (including phenoxy) is 1. The van der Waals surface area contributed by atoms with Crippen molar-refractivity contribution in [3.05, 3.63) is 23.1 Å². The smallest absolute Gasteiger partial charge is 0.476 e. The first-order valence-corrected chi connectivity index (χ1v) is 5.11. The average molecular weight is 318 g/mol. The molecule has 17 heavy (non-hydrogen) atoms. The van der Waals surface area contributed by atoms with Crippen molar-refractivity contribution in [1.29, 1.82) is 0 Å². The van der Waals surface area contributed by atoms with Crippen molar-refractivity contribution in [1.82, 2.24) is 4.98 Å². The molecule has 0 fully saturated rings. The van der Waals surface area contributed by atoms with Crippen LogP contribution < -0.4 is 4.74 Å². The summed E-state index contributed by atoms with van der Waals surface area (Å²) in [4.78, 5) is 13.5. The van der Waals surface area contributed by atoms with Crippen LogP contribution in [0.15, 0.2) is 6.07 Å². The van der Waals surface area contributed by atoms with Gasteiger partial charge in [-0.3, -0.25) is 0 Å². The van der Waals surface area contributed by atoms with Crippen molar-refractivity contribution >= 4 is 21.9 Å². The van der Waals surface area contributed by atoms with Crippen molar-refractivity contribution in [2.24, 2.45) is 0 Å². The highest BCUT2D eigenvalue weighted by Gasteiger charge is 2.33. The lowest BCUT2D eigenvalue weighted by atomic mass is 10.2. The Balaban J connectivity index is 3.25. The number of carboxylic acids is 1. The fourth-order valence-electron chi connectivity index (χ4n) is 0.966. The normalized spacial score (nSPS) is 11.4. The van der Waals surface area contributed by atoms with Gasteiger partial charge in [-0.2, -0.15) is 0 Å². The van der Waals surface area contributed by atoms with Gasteiger partial charge in [0, 0.05) is 17.0 Å². The van der Waals surface area contributed by atoms with Crippen LogP contribution >= 0.6 is 15.9 Å². The Hall–Kier alpha value is -1.38. The molecule has 0 spiro atoms. The highest BCUT2D eigenvalue weighted by Crippen LogP contribution is 2.25. The number of carbonyl (C=O) groups is 1. The number of alkyl halides is 4. The number of rotatable bonds is 3. The third kappa shape index (κ3) is 3.55. The molecule has 4 nitrogen and oxygen atoms in total. The maximum atomic E-state index is 13.3. The number of carboxylic acid groups (broad SMARTS) is 1. The van der Waals surface area contributed by atoms with Crippen LogP contribution in [-0.2, 0) is 5.33 Å². The number of aromatic nitrogens is 1. The van der Waals surface area contributed by atoms with Crippen LogP contribution in [0.3, 0.4) is 0 Å². The largest absolute Gasteiger partial charge is 0.574 e. The zero-order valence-electron chi connectivity index (χ0n) is 7.89. The van der Waals surface area contributed by atoms with E-state index in [1.807, 2.05) is 0 Å². The monoisotopic (exact) mass is 317 g/mol. The van der Waals surface area contributed by atoms with E-state index in [9.17, 15) is 22.4 Å². The molecular formula is C8H4BrF4NO3. The van der Waals surface area contributed by atoms with E-state index in [0.717, 1.165) is 0 Å². The van der Waals surface area contributed by atoms with Crippen LogP contribution in [0.1, 0.15) is 16.1 Å². The van der Waals surface area contributed by atoms with Gasteiger partial charge in [0.1, 0.15) is 0 Å². The molecule has 0 radical (unpaired) electrons. The molecule has 1 rings (SSSR count). The second-order valence-corrected chi connectivity index (χ2v) is 3.33. The maximum Gasteiger partial charge on any atom is 0.574 e. The minimum Gasteiger partial charge on any atom is -0.476 e. The fraction of sp³-hybridized carbons (Fsp3) is 0.250. The minimum absolute atomic E-state index is 0.171. The van der Waals surface area contributed by atoms with Gasteiger partial charge in [-0.15, -0.1) is 13.2 Å². The molecule has 1 heterocycles. The van der Waals surface area contributed by atoms with Crippen molar-refractivity contribution < 1.29 is 32.2 Å². The summed E-state index contributed by atoms with van der Waals surface area (Å²) in [5.74, 6) is -4.01. The van der Waals surface area contributed by atoms with Crippen LogP contribution in [0.5, 0.6) is 5.88 Å². The molecule has 0 aliphatic heterocycles. The Morgan fingerprint density at radius 3 is 2.53 bits per heavy atom. The molecule has 0 unspecified atom stereocenters. The SMILES string of the molecule is O=C(O)c1nc(OC(F)(F)F)cc(CBr)c1F. The fourth-order valence-corrected chi connectivity index (χ4v) is 1.37. The summed E-state index contributed by atoms with van der Waals surface area (Å²) >= 11 is 2.81. The summed E-state index contributed by atoms with van der Waals surface area (Å²) in [6.07, 6.45) is -5.02. The third-order valence-electron chi connectivity index (χ3n) is 1.58. The molecule has 0 aliphatic rings. The average Bonchev–Trinajstić information content (AvgIpc) is 2.17. The summed E-state index contributed by atoms with van der Waals surface area (Å²) in [5.41, 5.74) is -1.42. The lowest BCUT2D eigenvalue weighted by Crippen LogP contribution is -2.19. The second kappa shape index (κ2) is 4.86. The number of halogens is 5. The molecule has 0 aliphatic carbocycles. The van der Waals surface area contributed by atoms with Gasteiger partial charge in [-0.05, 0) is 0 Å². The van der Waals surface area contributed by atoms with Crippen LogP contribution in [0.25, 0.3) is 0 Å². The maximum absolute atomic E-state index is 13.3. The van der Waals surface area contributed by atoms with Crippen molar-refractivity contribution in [2.45, 2.75) is 11.7 Å². The molecular weight excluding hydrogens is 314 g/mol. The number of nitrogens with zero attached hydrogens (tertiary/aromatic N) is 1. The Bertz CT molecular complexity index is 449. The minimum atomic E-state index is -5.02. The Kier molecular flexibility index (Phi) is 3.91. The first-order chi connectivity index (χ1) is 7.74. The van der Waals surface area contributed by atoms with E-state index in [1.165, 1.54) is 0 Å². The molecule has 9 heteroatoms. The van der Waals surface area contributed by atoms with Gasteiger partial charge in [0.25, 0.3) is 0 Å². The molecule has 0 bridgehead atoms. The van der Waals surface area contributed by atoms with Crippen LogP contribution in [0.2, 0.25) is 0 Å². The predicted molar refractivity (Wildman–Crippen MR) is 50.5 cm³/mol. The van der Waals surface area contributed by atoms with E-state index in [2.05, 4.69) is 25.7 Å². The predicted octanol–water partition coefficient (Wildman–Crippen LogP) is 2.71. The van der Waals surface area contributed by atoms with Gasteiger partial charge in [0.2, 0.25) is 5.88 Å². The molecule has 0 saturated carbocycles. The lowest BCUT2D eigenvalue weighted by molar-refractivity contribution is -0.276. The molecule has 94 valence electrons. The van der Waals surface area contributed by atoms with Gasteiger partial charge in [-0.25, -0.2) is 14.2 Å². The van der Waals surface area contributed by atoms with Crippen molar-refractivity contribution in [3.8, 4) is 5.88 Å². The van der Waals surface area contributed by atoms with E-state index < -0.39 is 29.7 Å². The topological polar surface area (TPSA) is 59.4 Å². The molecule has 1 aromatic heterocycles. The molecule has 1 N–H and O–H groups in total. The highest BCUT2D eigenvalue weighted by molar-refractivity contribution is 9.08. The first kappa shape index (κ1) is 13.7. The number of hydrogen-bond acceptors (Lipinski definition) is 3. The molecule has 1 aromatic rings. The van der Waals surface area contributed by atoms with Gasteiger partial charge < -0.3 is 9.84 Å². The van der Waals surface area contributed by atoms with Crippen molar-refractivity contribution in [2.75, 3.05) is 0 Å². The standard InChI is InChI=1S/C8H4BrF4NO3/c9-2-3-1-4(17-8(11,12)13)14-6(5(3)10)7(15)16/h1H,2H2,(H,15,16). The van der Waals surface area contributed by atoms with Gasteiger partial charge in [0.15, 0.2) is 11.5 Å². The zero-order valence-corrected chi connectivity index (χ0v) is 9.47. The number of hydrogen-bond donors (Lipinski definition) is 1. The second-order valence-electron chi connectivity index (χ2n) is 2.77. The van der Waals surface area contributed by atoms with Gasteiger partial charge >= 0.3 is 12.3 Å². The molecule has 0 saturated heterocycles. The van der Waals surface area contributed by atoms with Crippen LogP contribution in [-0.4, -0.2) is 22.4 Å². The van der Waals surface area contributed by atoms with Gasteiger partial charge in [-0.1, -0.05) is 15.9 Å². The Labute approximate surface area is 100 Å². The Morgan fingerprint density at radius 1 is 1.53 bits per heavy atom. The summed E-state index contributed by atoms with van der Waals surface area (Å²) in [7, 11) is 0. The van der Waals surface area contributed by atoms with Gasteiger partial charge in [0.05, 0.1) is 0 Å². The molecule has 0 atom stereocenters. The quantitative estimate of drug-likeness (QED) is 0.688. The summed E-state index contributed by atoms with van der Waals surface area (Å²) in [6.45, 7) is 0. The first-order valence-electron chi connectivity index (χ1n) is 3.99. The van der Waals surface area contributed by atoms with Crippen LogP contribution in [0.4, 0.5) is 17.6 Å². The highest BCUT2D eigenvalue weighted by atomic mass is 79.9. The Morgan fingerprint density at radius 2 is 2.12 bits per heavy atom. The molecule has 0 amide bonds. The zero-order chi connectivity index (χ0) is 13.2. The summed E-state index contributed by atoms with van der Waals surface area (Å²) in [5, 5.41) is 8.38. The van der Waals surface area contributed by atoms with Crippen molar-refractivity contribution in [3.63, 3.8) is 0 Å². The van der Waals surface area contributed by atoms with E-state index in [1.54, 1.807) is 0 Å². The van der Waals surface area contributed by atoms with E-state index in [-0.39, 0.29) is 10.9 Å². The molecule has 0 aromatic carbocycles. The van der Waals surface area contributed by atoms with E-state index in [4.69, 9.17) is 5.11 Å². The van der Waals surface area contributed by atoms with Crippen LogP contribution in [0, 0.1) is 5.82 Å². The summed E-state index contributed by atoms with van der Waals surface area (Å²) in [6, 6.07) is 0.671. The summed E-state index contributed by atoms with van der Waals surface area (Å²) < 4.78 is 52.4.